The Labute approximate surface area is 185 Å². The van der Waals surface area contributed by atoms with Gasteiger partial charge in [0.25, 0.3) is 15.9 Å². The number of hydrogen-bond donors (Lipinski definition) is 1. The van der Waals surface area contributed by atoms with Gasteiger partial charge in [-0.2, -0.15) is 0 Å². The van der Waals surface area contributed by atoms with Crippen molar-refractivity contribution in [2.75, 3.05) is 29.5 Å². The summed E-state index contributed by atoms with van der Waals surface area (Å²) in [7, 11) is -5.68. The first-order valence-electron chi connectivity index (χ1n) is 8.93. The Balaban J connectivity index is 1.63. The Morgan fingerprint density at radius 3 is 2.29 bits per heavy atom. The zero-order valence-electron chi connectivity index (χ0n) is 16.7. The Bertz CT molecular complexity index is 1270. The molecule has 0 atom stereocenters. The third-order valence-corrected chi connectivity index (χ3v) is 8.55. The van der Waals surface area contributed by atoms with Crippen LogP contribution in [0.3, 0.4) is 0 Å². The second kappa shape index (κ2) is 9.08. The van der Waals surface area contributed by atoms with E-state index in [-0.39, 0.29) is 21.4 Å². The molecule has 3 aromatic rings. The van der Waals surface area contributed by atoms with E-state index in [4.69, 9.17) is 4.74 Å². The van der Waals surface area contributed by atoms with E-state index >= 15 is 0 Å². The second-order valence-electron chi connectivity index (χ2n) is 6.50. The van der Waals surface area contributed by atoms with E-state index in [0.29, 0.717) is 11.4 Å². The maximum atomic E-state index is 12.6. The lowest BCUT2D eigenvalue weighted by molar-refractivity contribution is -0.118. The zero-order valence-corrected chi connectivity index (χ0v) is 19.1. The van der Waals surface area contributed by atoms with Crippen LogP contribution >= 0.6 is 11.3 Å². The minimum atomic E-state index is -3.64. The summed E-state index contributed by atoms with van der Waals surface area (Å²) < 4.78 is 55.6. The third-order valence-electron chi connectivity index (χ3n) is 4.24. The van der Waals surface area contributed by atoms with Gasteiger partial charge in [0, 0.05) is 13.3 Å². The van der Waals surface area contributed by atoms with Gasteiger partial charge in [-0.15, -0.1) is 11.3 Å². The van der Waals surface area contributed by atoms with Crippen LogP contribution in [0.15, 0.2) is 75.1 Å². The van der Waals surface area contributed by atoms with E-state index in [0.717, 1.165) is 21.9 Å². The van der Waals surface area contributed by atoms with E-state index in [9.17, 15) is 21.6 Å². The summed E-state index contributed by atoms with van der Waals surface area (Å²) in [6.07, 6.45) is 1.06. The summed E-state index contributed by atoms with van der Waals surface area (Å²) in [5.41, 5.74) is 0.613. The Morgan fingerprint density at radius 2 is 1.68 bits per heavy atom. The SMILES string of the molecule is CN(c1ccc(OCC(=O)Nc2ccccc2S(C)(=O)=O)cc1)S(=O)(=O)c1cccs1. The molecule has 0 unspecified atom stereocenters. The van der Waals surface area contributed by atoms with Crippen molar-refractivity contribution in [3.63, 3.8) is 0 Å². The number of benzene rings is 2. The maximum absolute atomic E-state index is 12.6. The van der Waals surface area contributed by atoms with E-state index in [2.05, 4.69) is 5.32 Å². The molecule has 1 N–H and O–H groups in total. The number of anilines is 2. The number of hydrogen-bond acceptors (Lipinski definition) is 7. The van der Waals surface area contributed by atoms with Crippen LogP contribution in [0.4, 0.5) is 11.4 Å². The number of rotatable bonds is 8. The zero-order chi connectivity index (χ0) is 22.6. The van der Waals surface area contributed by atoms with Crippen molar-refractivity contribution < 1.29 is 26.4 Å². The highest BCUT2D eigenvalue weighted by molar-refractivity contribution is 7.94. The van der Waals surface area contributed by atoms with Crippen LogP contribution in [0, 0.1) is 0 Å². The fourth-order valence-electron chi connectivity index (χ4n) is 2.66. The molecule has 1 amide bonds. The maximum Gasteiger partial charge on any atom is 0.273 e. The first-order chi connectivity index (χ1) is 14.6. The van der Waals surface area contributed by atoms with Crippen LogP contribution in [-0.2, 0) is 24.7 Å². The van der Waals surface area contributed by atoms with Crippen molar-refractivity contribution in [2.24, 2.45) is 0 Å². The molecular formula is C20H20N2O6S3. The van der Waals surface area contributed by atoms with Crippen molar-refractivity contribution in [3.8, 4) is 5.75 Å². The first-order valence-corrected chi connectivity index (χ1v) is 13.1. The Morgan fingerprint density at radius 1 is 1.00 bits per heavy atom. The Hall–Kier alpha value is -2.89. The number of para-hydroxylation sites is 1. The minimum absolute atomic E-state index is 0.0164. The average molecular weight is 481 g/mol. The fourth-order valence-corrected chi connectivity index (χ4v) is 5.87. The predicted molar refractivity (Wildman–Crippen MR) is 120 cm³/mol. The molecule has 0 saturated carbocycles. The lowest BCUT2D eigenvalue weighted by atomic mass is 10.3. The number of ether oxygens (including phenoxy) is 1. The topological polar surface area (TPSA) is 110 Å². The van der Waals surface area contributed by atoms with E-state index in [1.165, 1.54) is 25.2 Å². The van der Waals surface area contributed by atoms with Gasteiger partial charge < -0.3 is 10.1 Å². The largest absolute Gasteiger partial charge is 0.484 e. The van der Waals surface area contributed by atoms with Crippen LogP contribution in [0.5, 0.6) is 5.75 Å². The summed E-state index contributed by atoms with van der Waals surface area (Å²) >= 11 is 1.13. The molecule has 0 aliphatic heterocycles. The number of sulfone groups is 1. The van der Waals surface area contributed by atoms with E-state index in [1.54, 1.807) is 47.8 Å². The molecule has 1 heterocycles. The minimum Gasteiger partial charge on any atom is -0.484 e. The van der Waals surface area contributed by atoms with Gasteiger partial charge in [-0.1, -0.05) is 18.2 Å². The van der Waals surface area contributed by atoms with Gasteiger partial charge >= 0.3 is 0 Å². The second-order valence-corrected chi connectivity index (χ2v) is 11.6. The molecule has 0 bridgehead atoms. The summed E-state index contributed by atoms with van der Waals surface area (Å²) in [5, 5.41) is 4.21. The lowest BCUT2D eigenvalue weighted by Crippen LogP contribution is -2.25. The molecule has 0 fully saturated rings. The molecular weight excluding hydrogens is 460 g/mol. The van der Waals surface area contributed by atoms with Gasteiger partial charge in [0.2, 0.25) is 0 Å². The fraction of sp³-hybridized carbons (Fsp3) is 0.150. The van der Waals surface area contributed by atoms with E-state index in [1.807, 2.05) is 0 Å². The van der Waals surface area contributed by atoms with Gasteiger partial charge in [-0.3, -0.25) is 9.10 Å². The predicted octanol–water partition coefficient (Wildman–Crippen LogP) is 2.99. The smallest absolute Gasteiger partial charge is 0.273 e. The summed E-state index contributed by atoms with van der Waals surface area (Å²) in [6.45, 7) is -0.346. The summed E-state index contributed by atoms with van der Waals surface area (Å²) in [6, 6.07) is 15.5. The van der Waals surface area contributed by atoms with Crippen LogP contribution in [-0.4, -0.2) is 42.7 Å². The number of nitrogens with zero attached hydrogens (tertiary/aromatic N) is 1. The number of sulfonamides is 1. The quantitative estimate of drug-likeness (QED) is 0.531. The molecule has 0 radical (unpaired) electrons. The molecule has 0 aliphatic rings. The van der Waals surface area contributed by atoms with Crippen LogP contribution < -0.4 is 14.4 Å². The van der Waals surface area contributed by atoms with Crippen molar-refractivity contribution in [3.05, 3.63) is 66.0 Å². The monoisotopic (exact) mass is 480 g/mol. The molecule has 11 heteroatoms. The highest BCUT2D eigenvalue weighted by atomic mass is 32.2. The van der Waals surface area contributed by atoms with Gasteiger partial charge in [-0.25, -0.2) is 16.8 Å². The van der Waals surface area contributed by atoms with Crippen LogP contribution in [0.2, 0.25) is 0 Å². The molecule has 2 aromatic carbocycles. The lowest BCUT2D eigenvalue weighted by Gasteiger charge is -2.18. The third kappa shape index (κ3) is 5.43. The van der Waals surface area contributed by atoms with Crippen molar-refractivity contribution in [2.45, 2.75) is 9.10 Å². The number of amides is 1. The number of thiophene rings is 1. The van der Waals surface area contributed by atoms with Crippen molar-refractivity contribution >= 4 is 48.5 Å². The standard InChI is InChI=1S/C20H20N2O6S3/c1-22(31(26,27)20-8-5-13-29-20)15-9-11-16(12-10-15)28-14-19(23)21-17-6-3-4-7-18(17)30(2,24)25/h3-13H,14H2,1-2H3,(H,21,23). The van der Waals surface area contributed by atoms with Crippen LogP contribution in [0.25, 0.3) is 0 Å². The van der Waals surface area contributed by atoms with Gasteiger partial charge in [0.1, 0.15) is 9.96 Å². The highest BCUT2D eigenvalue weighted by Gasteiger charge is 2.22. The molecule has 0 aliphatic carbocycles. The molecule has 164 valence electrons. The normalized spacial score (nSPS) is 11.7. The summed E-state index contributed by atoms with van der Waals surface area (Å²) in [5.74, 6) is -0.171. The highest BCUT2D eigenvalue weighted by Crippen LogP contribution is 2.26. The molecule has 0 spiro atoms. The van der Waals surface area contributed by atoms with Crippen LogP contribution in [0.1, 0.15) is 0 Å². The first kappa shape index (κ1) is 22.8. The molecule has 8 nitrogen and oxygen atoms in total. The molecule has 31 heavy (non-hydrogen) atoms. The Kier molecular flexibility index (Phi) is 6.68. The average Bonchev–Trinajstić information content (AvgIpc) is 3.27. The van der Waals surface area contributed by atoms with Gasteiger partial charge in [-0.05, 0) is 47.8 Å². The van der Waals surface area contributed by atoms with Gasteiger partial charge in [0.15, 0.2) is 16.4 Å². The van der Waals surface area contributed by atoms with Crippen molar-refractivity contribution in [1.82, 2.24) is 0 Å². The van der Waals surface area contributed by atoms with Crippen molar-refractivity contribution in [1.29, 1.82) is 0 Å². The molecule has 1 aromatic heterocycles. The number of nitrogens with one attached hydrogen (secondary N) is 1. The van der Waals surface area contributed by atoms with E-state index < -0.39 is 25.8 Å². The number of carbonyl (C=O) groups excluding carboxylic acids is 1. The molecule has 3 rings (SSSR count). The molecule has 0 saturated heterocycles. The van der Waals surface area contributed by atoms with Gasteiger partial charge in [0.05, 0.1) is 16.3 Å². The summed E-state index contributed by atoms with van der Waals surface area (Å²) in [4.78, 5) is 12.2. The number of carbonyl (C=O) groups is 1.